The number of rotatable bonds is 3. The van der Waals surface area contributed by atoms with Crippen LogP contribution in [0.25, 0.3) is 16.6 Å². The van der Waals surface area contributed by atoms with E-state index in [2.05, 4.69) is 20.5 Å². The first-order chi connectivity index (χ1) is 12.1. The van der Waals surface area contributed by atoms with Crippen molar-refractivity contribution in [3.05, 3.63) is 74.9 Å². The second-order valence-corrected chi connectivity index (χ2v) is 5.27. The van der Waals surface area contributed by atoms with Crippen molar-refractivity contribution in [3.63, 3.8) is 0 Å². The molecule has 25 heavy (non-hydrogen) atoms. The summed E-state index contributed by atoms with van der Waals surface area (Å²) in [5.74, 6) is -0.235. The van der Waals surface area contributed by atoms with Crippen LogP contribution in [0.5, 0.6) is 0 Å². The molecule has 0 radical (unpaired) electrons. The van der Waals surface area contributed by atoms with Gasteiger partial charge in [-0.15, -0.1) is 10.2 Å². The molecule has 1 amide bonds. The average molecular weight is 337 g/mol. The van der Waals surface area contributed by atoms with Crippen molar-refractivity contribution in [2.24, 2.45) is 0 Å². The van der Waals surface area contributed by atoms with Crippen LogP contribution in [0.3, 0.4) is 0 Å². The third-order valence-corrected chi connectivity index (χ3v) is 3.70. The SMILES string of the molecule is O=C(NCc1nnc2c(=O)[nH]ccn12)c1cc2ccccc2oc1=O. The summed E-state index contributed by atoms with van der Waals surface area (Å²) in [5, 5.41) is 10.9. The lowest BCUT2D eigenvalue weighted by Crippen LogP contribution is -2.28. The fourth-order valence-electron chi connectivity index (χ4n) is 2.48. The van der Waals surface area contributed by atoms with Crippen LogP contribution in [0.15, 0.2) is 56.7 Å². The van der Waals surface area contributed by atoms with E-state index in [9.17, 15) is 14.4 Å². The van der Waals surface area contributed by atoms with Gasteiger partial charge in [-0.1, -0.05) is 18.2 Å². The van der Waals surface area contributed by atoms with Gasteiger partial charge in [0.1, 0.15) is 11.1 Å². The van der Waals surface area contributed by atoms with E-state index in [-0.39, 0.29) is 23.3 Å². The van der Waals surface area contributed by atoms with E-state index >= 15 is 0 Å². The summed E-state index contributed by atoms with van der Waals surface area (Å²) in [7, 11) is 0. The number of benzene rings is 1. The predicted molar refractivity (Wildman–Crippen MR) is 87.3 cm³/mol. The number of nitrogens with one attached hydrogen (secondary N) is 2. The first-order valence-corrected chi connectivity index (χ1v) is 7.36. The van der Waals surface area contributed by atoms with E-state index in [0.29, 0.717) is 16.8 Å². The third kappa shape index (κ3) is 2.57. The topological polar surface area (TPSA) is 122 Å². The van der Waals surface area contributed by atoms with E-state index in [1.165, 1.54) is 16.7 Å². The molecule has 0 aliphatic heterocycles. The average Bonchev–Trinajstić information content (AvgIpc) is 3.03. The van der Waals surface area contributed by atoms with Crippen molar-refractivity contribution in [2.75, 3.05) is 0 Å². The number of para-hydroxylation sites is 1. The van der Waals surface area contributed by atoms with Gasteiger partial charge in [-0.2, -0.15) is 0 Å². The molecule has 0 atom stereocenters. The van der Waals surface area contributed by atoms with Crippen molar-refractivity contribution in [1.29, 1.82) is 0 Å². The maximum absolute atomic E-state index is 12.3. The van der Waals surface area contributed by atoms with Crippen molar-refractivity contribution in [2.45, 2.75) is 6.54 Å². The Morgan fingerprint density at radius 3 is 2.96 bits per heavy atom. The van der Waals surface area contributed by atoms with Crippen LogP contribution >= 0.6 is 0 Å². The number of hydrogen-bond acceptors (Lipinski definition) is 6. The normalized spacial score (nSPS) is 11.0. The minimum Gasteiger partial charge on any atom is -0.422 e. The Kier molecular flexibility index (Phi) is 3.38. The maximum atomic E-state index is 12.3. The summed E-state index contributed by atoms with van der Waals surface area (Å²) >= 11 is 0. The quantitative estimate of drug-likeness (QED) is 0.524. The number of carbonyl (C=O) groups excluding carboxylic acids is 1. The highest BCUT2D eigenvalue weighted by Crippen LogP contribution is 2.12. The molecular weight excluding hydrogens is 326 g/mol. The van der Waals surface area contributed by atoms with Gasteiger partial charge < -0.3 is 14.7 Å². The molecule has 0 saturated heterocycles. The van der Waals surface area contributed by atoms with Crippen molar-refractivity contribution < 1.29 is 9.21 Å². The molecular formula is C16H11N5O4. The third-order valence-electron chi connectivity index (χ3n) is 3.70. The summed E-state index contributed by atoms with van der Waals surface area (Å²) in [4.78, 5) is 38.4. The fraction of sp³-hybridized carbons (Fsp3) is 0.0625. The molecule has 0 fully saturated rings. The van der Waals surface area contributed by atoms with Crippen LogP contribution in [-0.2, 0) is 6.54 Å². The molecule has 0 unspecified atom stereocenters. The van der Waals surface area contributed by atoms with Crippen molar-refractivity contribution in [1.82, 2.24) is 24.9 Å². The smallest absolute Gasteiger partial charge is 0.349 e. The highest BCUT2D eigenvalue weighted by molar-refractivity contribution is 5.96. The number of H-pyrrole nitrogens is 1. The Labute approximate surface area is 138 Å². The number of nitrogens with zero attached hydrogens (tertiary/aromatic N) is 3. The Morgan fingerprint density at radius 1 is 1.24 bits per heavy atom. The second-order valence-electron chi connectivity index (χ2n) is 5.27. The molecule has 0 aliphatic carbocycles. The predicted octanol–water partition coefficient (Wildman–Crippen LogP) is 0.454. The van der Waals surface area contributed by atoms with E-state index < -0.39 is 11.5 Å². The number of amides is 1. The lowest BCUT2D eigenvalue weighted by molar-refractivity contribution is 0.0946. The zero-order valence-corrected chi connectivity index (χ0v) is 12.7. The molecule has 4 rings (SSSR count). The van der Waals surface area contributed by atoms with Crippen LogP contribution < -0.4 is 16.5 Å². The molecule has 124 valence electrons. The van der Waals surface area contributed by atoms with Gasteiger partial charge in [0.2, 0.25) is 5.65 Å². The molecule has 9 nitrogen and oxygen atoms in total. The summed E-state index contributed by atoms with van der Waals surface area (Å²) in [6, 6.07) is 8.39. The van der Waals surface area contributed by atoms with Gasteiger partial charge in [0.25, 0.3) is 11.5 Å². The number of aromatic amines is 1. The number of aromatic nitrogens is 4. The standard InChI is InChI=1S/C16H11N5O4/c22-14(10-7-9-3-1-2-4-11(9)25-16(10)24)18-8-12-19-20-13-15(23)17-5-6-21(12)13/h1-7H,8H2,(H,17,23)(H,18,22). The van der Waals surface area contributed by atoms with Gasteiger partial charge in [0, 0.05) is 17.8 Å². The summed E-state index contributed by atoms with van der Waals surface area (Å²) < 4.78 is 6.60. The molecule has 1 aromatic carbocycles. The van der Waals surface area contributed by atoms with E-state index in [0.717, 1.165) is 0 Å². The minimum atomic E-state index is -0.723. The fourth-order valence-corrected chi connectivity index (χ4v) is 2.48. The van der Waals surface area contributed by atoms with Crippen molar-refractivity contribution in [3.8, 4) is 0 Å². The number of carbonyl (C=O) groups is 1. The largest absolute Gasteiger partial charge is 0.422 e. The number of hydrogen-bond donors (Lipinski definition) is 2. The van der Waals surface area contributed by atoms with Crippen LogP contribution in [-0.4, -0.2) is 25.5 Å². The van der Waals surface area contributed by atoms with Gasteiger partial charge in [-0.05, 0) is 12.1 Å². The zero-order valence-electron chi connectivity index (χ0n) is 12.7. The molecule has 0 bridgehead atoms. The number of fused-ring (bicyclic) bond motifs is 2. The monoisotopic (exact) mass is 337 g/mol. The van der Waals surface area contributed by atoms with Gasteiger partial charge in [-0.3, -0.25) is 14.0 Å². The first kappa shape index (κ1) is 14.8. The molecule has 2 N–H and O–H groups in total. The van der Waals surface area contributed by atoms with E-state index in [4.69, 9.17) is 4.42 Å². The highest BCUT2D eigenvalue weighted by Gasteiger charge is 2.15. The van der Waals surface area contributed by atoms with Crippen LogP contribution in [0.1, 0.15) is 16.2 Å². The van der Waals surface area contributed by atoms with Gasteiger partial charge in [0.15, 0.2) is 5.82 Å². The highest BCUT2D eigenvalue weighted by atomic mass is 16.4. The van der Waals surface area contributed by atoms with Gasteiger partial charge in [-0.25, -0.2) is 4.79 Å². The Bertz CT molecular complexity index is 1220. The lowest BCUT2D eigenvalue weighted by atomic mass is 10.2. The summed E-state index contributed by atoms with van der Waals surface area (Å²) in [6.45, 7) is -0.00425. The van der Waals surface area contributed by atoms with E-state index in [1.807, 2.05) is 0 Å². The Hall–Kier alpha value is -3.75. The maximum Gasteiger partial charge on any atom is 0.349 e. The molecule has 0 spiro atoms. The Morgan fingerprint density at radius 2 is 2.08 bits per heavy atom. The summed E-state index contributed by atoms with van der Waals surface area (Å²) in [5.41, 5.74) is -0.685. The zero-order chi connectivity index (χ0) is 17.4. The first-order valence-electron chi connectivity index (χ1n) is 7.36. The van der Waals surface area contributed by atoms with E-state index in [1.54, 1.807) is 30.5 Å². The Balaban J connectivity index is 1.62. The lowest BCUT2D eigenvalue weighted by Gasteiger charge is -2.04. The molecule has 9 heteroatoms. The molecule has 0 saturated carbocycles. The minimum absolute atomic E-state index is 0.00425. The molecule has 3 heterocycles. The second kappa shape index (κ2) is 5.71. The molecule has 3 aromatic heterocycles. The summed E-state index contributed by atoms with van der Waals surface area (Å²) in [6.07, 6.45) is 3.02. The van der Waals surface area contributed by atoms with Crippen LogP contribution in [0.4, 0.5) is 0 Å². The van der Waals surface area contributed by atoms with Gasteiger partial charge in [0.05, 0.1) is 6.54 Å². The molecule has 4 aromatic rings. The van der Waals surface area contributed by atoms with Crippen molar-refractivity contribution >= 4 is 22.5 Å². The van der Waals surface area contributed by atoms with Gasteiger partial charge >= 0.3 is 5.63 Å². The van der Waals surface area contributed by atoms with Crippen LogP contribution in [0, 0.1) is 0 Å². The van der Waals surface area contributed by atoms with Crippen LogP contribution in [0.2, 0.25) is 0 Å². The molecule has 0 aliphatic rings.